The summed E-state index contributed by atoms with van der Waals surface area (Å²) < 4.78 is 24.5. The Bertz CT molecular complexity index is 897. The highest BCUT2D eigenvalue weighted by Gasteiger charge is 2.51. The fraction of sp³-hybridized carbons (Fsp3) is 0.455. The lowest BCUT2D eigenvalue weighted by atomic mass is 9.78. The highest BCUT2D eigenvalue weighted by atomic mass is 16.7. The van der Waals surface area contributed by atoms with Crippen LogP contribution in [0.15, 0.2) is 42.5 Å². The SMILES string of the molecule is CC1(C)OB(c2ccc3c(c2)CN(C2COc4ccccc4O2)C3)OC1(C)C. The van der Waals surface area contributed by atoms with Gasteiger partial charge in [-0.2, -0.15) is 0 Å². The van der Waals surface area contributed by atoms with Gasteiger partial charge in [-0.25, -0.2) is 0 Å². The first kappa shape index (κ1) is 18.0. The summed E-state index contributed by atoms with van der Waals surface area (Å²) in [6.07, 6.45) is -0.0809. The van der Waals surface area contributed by atoms with Crippen LogP contribution < -0.4 is 14.9 Å². The van der Waals surface area contributed by atoms with Gasteiger partial charge >= 0.3 is 7.12 Å². The maximum absolute atomic E-state index is 6.21. The number of nitrogens with zero attached hydrogens (tertiary/aromatic N) is 1. The van der Waals surface area contributed by atoms with Crippen molar-refractivity contribution in [2.75, 3.05) is 6.61 Å². The molecule has 2 aromatic rings. The van der Waals surface area contributed by atoms with Gasteiger partial charge in [-0.1, -0.05) is 30.3 Å². The maximum Gasteiger partial charge on any atom is 0.494 e. The first-order chi connectivity index (χ1) is 13.3. The van der Waals surface area contributed by atoms with E-state index in [1.54, 1.807) is 0 Å². The van der Waals surface area contributed by atoms with Crippen LogP contribution in [-0.4, -0.2) is 36.1 Å². The van der Waals surface area contributed by atoms with Gasteiger partial charge in [-0.15, -0.1) is 0 Å². The minimum absolute atomic E-state index is 0.0809. The summed E-state index contributed by atoms with van der Waals surface area (Å²) in [6.45, 7) is 10.6. The zero-order valence-corrected chi connectivity index (χ0v) is 16.9. The molecule has 1 unspecified atom stereocenters. The summed E-state index contributed by atoms with van der Waals surface area (Å²) in [7, 11) is -0.328. The Morgan fingerprint density at radius 1 is 0.893 bits per heavy atom. The summed E-state index contributed by atoms with van der Waals surface area (Å²) in [5.41, 5.74) is 3.04. The number of hydrogen-bond donors (Lipinski definition) is 0. The second kappa shape index (κ2) is 6.24. The molecule has 0 spiro atoms. The number of rotatable bonds is 2. The normalized spacial score (nSPS) is 25.0. The molecule has 3 aliphatic heterocycles. The Kier molecular flexibility index (Phi) is 4.02. The van der Waals surface area contributed by atoms with E-state index in [1.807, 2.05) is 24.3 Å². The molecule has 0 aromatic heterocycles. The van der Waals surface area contributed by atoms with Crippen LogP contribution in [-0.2, 0) is 22.4 Å². The lowest BCUT2D eigenvalue weighted by Gasteiger charge is -2.32. The number of hydrogen-bond acceptors (Lipinski definition) is 5. The molecule has 1 atom stereocenters. The van der Waals surface area contributed by atoms with E-state index in [0.29, 0.717) is 6.61 Å². The van der Waals surface area contributed by atoms with Gasteiger partial charge in [0.2, 0.25) is 0 Å². The Hall–Kier alpha value is -2.02. The van der Waals surface area contributed by atoms with Crippen molar-refractivity contribution in [3.63, 3.8) is 0 Å². The third kappa shape index (κ3) is 2.91. The van der Waals surface area contributed by atoms with E-state index in [0.717, 1.165) is 30.1 Å². The molecular formula is C22H26BNO4. The van der Waals surface area contributed by atoms with Crippen molar-refractivity contribution in [2.24, 2.45) is 0 Å². The molecule has 1 saturated heterocycles. The summed E-state index contributed by atoms with van der Waals surface area (Å²) >= 11 is 0. The second-order valence-corrected chi connectivity index (χ2v) is 8.85. The smallest absolute Gasteiger partial charge is 0.484 e. The molecule has 2 aromatic carbocycles. The van der Waals surface area contributed by atoms with Crippen molar-refractivity contribution in [3.05, 3.63) is 53.6 Å². The monoisotopic (exact) mass is 379 g/mol. The van der Waals surface area contributed by atoms with Gasteiger partial charge in [-0.05, 0) is 56.4 Å². The van der Waals surface area contributed by atoms with Crippen LogP contribution in [0.25, 0.3) is 0 Å². The molecule has 0 aliphatic carbocycles. The van der Waals surface area contributed by atoms with Gasteiger partial charge < -0.3 is 18.8 Å². The predicted molar refractivity (Wildman–Crippen MR) is 108 cm³/mol. The Morgan fingerprint density at radius 2 is 1.57 bits per heavy atom. The van der Waals surface area contributed by atoms with Gasteiger partial charge in [0.1, 0.15) is 6.61 Å². The lowest BCUT2D eigenvalue weighted by Crippen LogP contribution is -2.42. The van der Waals surface area contributed by atoms with Crippen molar-refractivity contribution >= 4 is 12.6 Å². The van der Waals surface area contributed by atoms with E-state index in [4.69, 9.17) is 18.8 Å². The molecule has 0 saturated carbocycles. The van der Waals surface area contributed by atoms with Gasteiger partial charge in [0.05, 0.1) is 11.2 Å². The Labute approximate surface area is 166 Å². The summed E-state index contributed by atoms with van der Waals surface area (Å²) in [4.78, 5) is 2.31. The highest BCUT2D eigenvalue weighted by Crippen LogP contribution is 2.37. The van der Waals surface area contributed by atoms with Crippen LogP contribution in [0.5, 0.6) is 11.5 Å². The average Bonchev–Trinajstić information content (AvgIpc) is 3.18. The van der Waals surface area contributed by atoms with E-state index in [1.165, 1.54) is 11.1 Å². The van der Waals surface area contributed by atoms with Crippen molar-refractivity contribution in [2.45, 2.75) is 58.2 Å². The van der Waals surface area contributed by atoms with Crippen molar-refractivity contribution in [1.29, 1.82) is 0 Å². The van der Waals surface area contributed by atoms with Crippen molar-refractivity contribution in [3.8, 4) is 11.5 Å². The van der Waals surface area contributed by atoms with E-state index in [-0.39, 0.29) is 24.5 Å². The van der Waals surface area contributed by atoms with Crippen LogP contribution in [0.3, 0.4) is 0 Å². The number of ether oxygens (including phenoxy) is 2. The lowest BCUT2D eigenvalue weighted by molar-refractivity contribution is -0.0320. The molecule has 28 heavy (non-hydrogen) atoms. The number of benzene rings is 2. The van der Waals surface area contributed by atoms with E-state index >= 15 is 0 Å². The summed E-state index contributed by atoms with van der Waals surface area (Å²) in [5, 5.41) is 0. The summed E-state index contributed by atoms with van der Waals surface area (Å²) in [6, 6.07) is 14.4. The number of fused-ring (bicyclic) bond motifs is 2. The molecule has 0 amide bonds. The third-order valence-electron chi connectivity index (χ3n) is 6.40. The number of para-hydroxylation sites is 2. The largest absolute Gasteiger partial charge is 0.494 e. The predicted octanol–water partition coefficient (Wildman–Crippen LogP) is 3.10. The van der Waals surface area contributed by atoms with Crippen LogP contribution in [0.4, 0.5) is 0 Å². The van der Waals surface area contributed by atoms with E-state index < -0.39 is 0 Å². The van der Waals surface area contributed by atoms with Crippen molar-refractivity contribution in [1.82, 2.24) is 4.90 Å². The minimum Gasteiger partial charge on any atom is -0.484 e. The topological polar surface area (TPSA) is 40.2 Å². The molecule has 0 bridgehead atoms. The zero-order chi connectivity index (χ0) is 19.5. The standard InChI is InChI=1S/C22H26BNO4/c1-21(2)22(3,4)28-23(27-21)17-10-9-15-12-24(13-16(15)11-17)20-14-25-18-7-5-6-8-19(18)26-20/h5-11,20H,12-14H2,1-4H3. The second-order valence-electron chi connectivity index (χ2n) is 8.85. The molecule has 3 heterocycles. The fourth-order valence-electron chi connectivity index (χ4n) is 3.96. The van der Waals surface area contributed by atoms with Gasteiger partial charge in [0.15, 0.2) is 17.7 Å². The quantitative estimate of drug-likeness (QED) is 0.750. The first-order valence-corrected chi connectivity index (χ1v) is 9.92. The van der Waals surface area contributed by atoms with E-state index in [2.05, 4.69) is 50.8 Å². The average molecular weight is 379 g/mol. The fourth-order valence-corrected chi connectivity index (χ4v) is 3.96. The Morgan fingerprint density at radius 3 is 2.32 bits per heavy atom. The molecule has 5 rings (SSSR count). The molecule has 0 radical (unpaired) electrons. The zero-order valence-electron chi connectivity index (χ0n) is 16.9. The summed E-state index contributed by atoms with van der Waals surface area (Å²) in [5.74, 6) is 1.63. The van der Waals surface area contributed by atoms with Gasteiger partial charge in [0.25, 0.3) is 0 Å². The van der Waals surface area contributed by atoms with Crippen LogP contribution in [0, 0.1) is 0 Å². The molecule has 3 aliphatic rings. The van der Waals surface area contributed by atoms with Crippen molar-refractivity contribution < 1.29 is 18.8 Å². The highest BCUT2D eigenvalue weighted by molar-refractivity contribution is 6.62. The molecule has 5 nitrogen and oxygen atoms in total. The molecule has 6 heteroatoms. The first-order valence-electron chi connectivity index (χ1n) is 9.92. The van der Waals surface area contributed by atoms with Crippen LogP contribution in [0.1, 0.15) is 38.8 Å². The van der Waals surface area contributed by atoms with Gasteiger partial charge in [0, 0.05) is 13.1 Å². The molecule has 146 valence electrons. The van der Waals surface area contributed by atoms with E-state index in [9.17, 15) is 0 Å². The van der Waals surface area contributed by atoms with Crippen LogP contribution in [0.2, 0.25) is 0 Å². The molecular weight excluding hydrogens is 353 g/mol. The maximum atomic E-state index is 6.21. The Balaban J connectivity index is 1.32. The molecule has 1 fully saturated rings. The molecule has 0 N–H and O–H groups in total. The minimum atomic E-state index is -0.330. The third-order valence-corrected chi connectivity index (χ3v) is 6.40. The van der Waals surface area contributed by atoms with Gasteiger partial charge in [-0.3, -0.25) is 4.90 Å². The van der Waals surface area contributed by atoms with Crippen LogP contribution >= 0.6 is 0 Å².